The van der Waals surface area contributed by atoms with Crippen molar-refractivity contribution < 1.29 is 0 Å². The molecule has 0 aliphatic carbocycles. The van der Waals surface area contributed by atoms with Crippen LogP contribution < -0.4 is 5.32 Å². The Balaban J connectivity index is 0.00000133. The first-order chi connectivity index (χ1) is 8.70. The molecule has 2 atom stereocenters. The summed E-state index contributed by atoms with van der Waals surface area (Å²) in [6, 6.07) is 6.57. The number of rotatable bonds is 3. The van der Waals surface area contributed by atoms with Crippen LogP contribution >= 0.6 is 12.4 Å². The number of nitrogens with zero attached hydrogens (tertiary/aromatic N) is 2. The zero-order valence-corrected chi connectivity index (χ0v) is 12.6. The molecule has 106 valence electrons. The molecule has 2 aliphatic heterocycles. The van der Waals surface area contributed by atoms with Gasteiger partial charge in [0.05, 0.1) is 5.69 Å². The minimum atomic E-state index is 0. The van der Waals surface area contributed by atoms with Crippen LogP contribution in [0.3, 0.4) is 0 Å². The van der Waals surface area contributed by atoms with Crippen molar-refractivity contribution in [3.8, 4) is 0 Å². The molecule has 0 radical (unpaired) electrons. The lowest BCUT2D eigenvalue weighted by atomic mass is 9.98. The molecule has 0 spiro atoms. The standard InChI is InChI=1S/C15H23N3.ClH/c1-11-3-4-14(16-9-11)10-18(2)15-7-12-5-6-13(8-15)17-12;/h3-4,9,12-13,15,17H,5-8,10H2,1-2H3;1H. The molecular weight excluding hydrogens is 258 g/mol. The number of fused-ring (bicyclic) bond motifs is 2. The lowest BCUT2D eigenvalue weighted by molar-refractivity contribution is 0.164. The molecule has 2 saturated heterocycles. The molecule has 3 heterocycles. The highest BCUT2D eigenvalue weighted by Gasteiger charge is 2.34. The van der Waals surface area contributed by atoms with E-state index in [-0.39, 0.29) is 12.4 Å². The largest absolute Gasteiger partial charge is 0.311 e. The van der Waals surface area contributed by atoms with Crippen LogP contribution in [0.15, 0.2) is 18.3 Å². The van der Waals surface area contributed by atoms with E-state index in [0.717, 1.165) is 24.7 Å². The number of pyridine rings is 1. The topological polar surface area (TPSA) is 28.2 Å². The summed E-state index contributed by atoms with van der Waals surface area (Å²) in [6.07, 6.45) is 7.32. The summed E-state index contributed by atoms with van der Waals surface area (Å²) in [5, 5.41) is 3.70. The van der Waals surface area contributed by atoms with Crippen LogP contribution in [-0.4, -0.2) is 35.1 Å². The number of nitrogens with one attached hydrogen (secondary N) is 1. The van der Waals surface area contributed by atoms with Crippen LogP contribution in [0.4, 0.5) is 0 Å². The third-order valence-corrected chi connectivity index (χ3v) is 4.46. The first-order valence-electron chi connectivity index (χ1n) is 7.08. The predicted molar refractivity (Wildman–Crippen MR) is 80.7 cm³/mol. The van der Waals surface area contributed by atoms with Gasteiger partial charge in [-0.2, -0.15) is 0 Å². The van der Waals surface area contributed by atoms with Crippen molar-refractivity contribution in [2.45, 2.75) is 57.3 Å². The van der Waals surface area contributed by atoms with Crippen LogP contribution in [-0.2, 0) is 6.54 Å². The van der Waals surface area contributed by atoms with E-state index in [9.17, 15) is 0 Å². The quantitative estimate of drug-likeness (QED) is 0.923. The van der Waals surface area contributed by atoms with Crippen LogP contribution in [0.2, 0.25) is 0 Å². The van der Waals surface area contributed by atoms with E-state index >= 15 is 0 Å². The Bertz CT molecular complexity index is 394. The minimum Gasteiger partial charge on any atom is -0.311 e. The SMILES string of the molecule is Cc1ccc(CN(C)C2CC3CCC(C2)N3)nc1.Cl. The molecule has 4 heteroatoms. The van der Waals surface area contributed by atoms with Crippen LogP contribution in [0, 0.1) is 6.92 Å². The molecule has 1 aromatic heterocycles. The third-order valence-electron chi connectivity index (χ3n) is 4.46. The van der Waals surface area contributed by atoms with E-state index in [1.165, 1.54) is 36.9 Å². The highest BCUT2D eigenvalue weighted by Crippen LogP contribution is 2.29. The van der Waals surface area contributed by atoms with E-state index < -0.39 is 0 Å². The lowest BCUT2D eigenvalue weighted by Crippen LogP contribution is -2.46. The second kappa shape index (κ2) is 6.21. The second-order valence-electron chi connectivity index (χ2n) is 6.01. The summed E-state index contributed by atoms with van der Waals surface area (Å²) in [4.78, 5) is 7.00. The van der Waals surface area contributed by atoms with E-state index in [0.29, 0.717) is 0 Å². The van der Waals surface area contributed by atoms with E-state index in [1.54, 1.807) is 0 Å². The predicted octanol–water partition coefficient (Wildman–Crippen LogP) is 2.53. The van der Waals surface area contributed by atoms with Gasteiger partial charge in [-0.3, -0.25) is 9.88 Å². The summed E-state index contributed by atoms with van der Waals surface area (Å²) < 4.78 is 0. The maximum atomic E-state index is 4.51. The Morgan fingerprint density at radius 3 is 2.53 bits per heavy atom. The molecule has 2 aliphatic rings. The van der Waals surface area contributed by atoms with Gasteiger partial charge in [-0.25, -0.2) is 0 Å². The highest BCUT2D eigenvalue weighted by atomic mass is 35.5. The summed E-state index contributed by atoms with van der Waals surface area (Å²) in [5.41, 5.74) is 2.43. The third kappa shape index (κ3) is 3.47. The number of aromatic nitrogens is 1. The number of aryl methyl sites for hydroxylation is 1. The Morgan fingerprint density at radius 2 is 1.95 bits per heavy atom. The minimum absolute atomic E-state index is 0. The van der Waals surface area contributed by atoms with Gasteiger partial charge in [0, 0.05) is 30.9 Å². The molecule has 1 aromatic rings. The highest BCUT2D eigenvalue weighted by molar-refractivity contribution is 5.85. The fraction of sp³-hybridized carbons (Fsp3) is 0.667. The van der Waals surface area contributed by atoms with Gasteiger partial charge in [-0.05, 0) is 51.3 Å². The number of piperidine rings is 1. The Kier molecular flexibility index (Phi) is 4.82. The van der Waals surface area contributed by atoms with Crippen LogP contribution in [0.5, 0.6) is 0 Å². The maximum Gasteiger partial charge on any atom is 0.0544 e. The normalized spacial score (nSPS) is 29.3. The monoisotopic (exact) mass is 281 g/mol. The lowest BCUT2D eigenvalue weighted by Gasteiger charge is -2.35. The Labute approximate surface area is 122 Å². The van der Waals surface area contributed by atoms with E-state index in [4.69, 9.17) is 0 Å². The van der Waals surface area contributed by atoms with Crippen molar-refractivity contribution in [1.82, 2.24) is 15.2 Å². The second-order valence-corrected chi connectivity index (χ2v) is 6.01. The van der Waals surface area contributed by atoms with Crippen LogP contribution in [0.1, 0.15) is 36.9 Å². The summed E-state index contributed by atoms with van der Waals surface area (Å²) in [5.74, 6) is 0. The average Bonchev–Trinajstić information content (AvgIpc) is 2.71. The smallest absolute Gasteiger partial charge is 0.0544 e. The van der Waals surface area contributed by atoms with Crippen LogP contribution in [0.25, 0.3) is 0 Å². The van der Waals surface area contributed by atoms with Crippen molar-refractivity contribution in [1.29, 1.82) is 0 Å². The molecule has 1 N–H and O–H groups in total. The molecule has 2 fully saturated rings. The first kappa shape index (κ1) is 14.8. The number of hydrogen-bond donors (Lipinski definition) is 1. The van der Waals surface area contributed by atoms with Gasteiger partial charge in [0.15, 0.2) is 0 Å². The van der Waals surface area contributed by atoms with Gasteiger partial charge in [0.1, 0.15) is 0 Å². The van der Waals surface area contributed by atoms with Crippen molar-refractivity contribution in [3.63, 3.8) is 0 Å². The first-order valence-corrected chi connectivity index (χ1v) is 7.08. The van der Waals surface area contributed by atoms with Gasteiger partial charge in [0.25, 0.3) is 0 Å². The van der Waals surface area contributed by atoms with Crippen molar-refractivity contribution in [2.75, 3.05) is 7.05 Å². The Morgan fingerprint density at radius 1 is 1.26 bits per heavy atom. The molecule has 2 unspecified atom stereocenters. The number of halogens is 1. The van der Waals surface area contributed by atoms with Gasteiger partial charge in [-0.1, -0.05) is 6.07 Å². The molecule has 3 nitrogen and oxygen atoms in total. The molecule has 0 aromatic carbocycles. The molecule has 3 rings (SSSR count). The number of hydrogen-bond acceptors (Lipinski definition) is 3. The summed E-state index contributed by atoms with van der Waals surface area (Å²) in [6.45, 7) is 3.06. The fourth-order valence-corrected chi connectivity index (χ4v) is 3.36. The Hall–Kier alpha value is -0.640. The van der Waals surface area contributed by atoms with Gasteiger partial charge >= 0.3 is 0 Å². The maximum absolute atomic E-state index is 4.51. The van der Waals surface area contributed by atoms with E-state index in [2.05, 4.69) is 41.3 Å². The van der Waals surface area contributed by atoms with Crippen molar-refractivity contribution >= 4 is 12.4 Å². The molecule has 19 heavy (non-hydrogen) atoms. The molecular formula is C15H24ClN3. The average molecular weight is 282 g/mol. The van der Waals surface area contributed by atoms with Gasteiger partial charge in [0.2, 0.25) is 0 Å². The molecule has 0 amide bonds. The van der Waals surface area contributed by atoms with Gasteiger partial charge < -0.3 is 5.32 Å². The zero-order valence-electron chi connectivity index (χ0n) is 11.8. The van der Waals surface area contributed by atoms with E-state index in [1.807, 2.05) is 6.20 Å². The summed E-state index contributed by atoms with van der Waals surface area (Å²) >= 11 is 0. The van der Waals surface area contributed by atoms with Gasteiger partial charge in [-0.15, -0.1) is 12.4 Å². The fourth-order valence-electron chi connectivity index (χ4n) is 3.36. The molecule has 0 saturated carbocycles. The zero-order chi connectivity index (χ0) is 12.5. The van der Waals surface area contributed by atoms with Crippen molar-refractivity contribution in [3.05, 3.63) is 29.6 Å². The molecule has 2 bridgehead atoms. The summed E-state index contributed by atoms with van der Waals surface area (Å²) in [7, 11) is 2.25. The van der Waals surface area contributed by atoms with Crippen molar-refractivity contribution in [2.24, 2.45) is 0 Å².